The lowest BCUT2D eigenvalue weighted by molar-refractivity contribution is 0.281. The van der Waals surface area contributed by atoms with Crippen molar-refractivity contribution in [2.24, 2.45) is 5.92 Å². The Hall–Kier alpha value is -1.09. The number of aliphatic hydroxyl groups is 1. The molecule has 0 fully saturated rings. The first-order valence-electron chi connectivity index (χ1n) is 6.57. The van der Waals surface area contributed by atoms with Crippen LogP contribution in [0.15, 0.2) is 12.1 Å². The highest BCUT2D eigenvalue weighted by molar-refractivity contribution is 5.39. The molecule has 1 aromatic heterocycles. The third kappa shape index (κ3) is 4.35. The average molecular weight is 236 g/mol. The predicted octanol–water partition coefficient (Wildman–Crippen LogP) is 2.98. The molecule has 3 heteroatoms. The van der Waals surface area contributed by atoms with Gasteiger partial charge in [0.15, 0.2) is 0 Å². The molecule has 0 aromatic carbocycles. The lowest BCUT2D eigenvalue weighted by atomic mass is 10.0. The van der Waals surface area contributed by atoms with Gasteiger partial charge in [-0.3, -0.25) is 0 Å². The van der Waals surface area contributed by atoms with Gasteiger partial charge in [-0.05, 0) is 30.0 Å². The van der Waals surface area contributed by atoms with Crippen LogP contribution in [0.25, 0.3) is 0 Å². The van der Waals surface area contributed by atoms with Gasteiger partial charge in [0.2, 0.25) is 0 Å². The third-order valence-corrected chi connectivity index (χ3v) is 3.21. The largest absolute Gasteiger partial charge is 0.392 e. The number of aryl methyl sites for hydroxylation is 1. The maximum atomic E-state index is 9.20. The normalized spacial score (nSPS) is 10.9. The Labute approximate surface area is 104 Å². The molecule has 0 aliphatic carbocycles. The fourth-order valence-corrected chi connectivity index (χ4v) is 1.84. The van der Waals surface area contributed by atoms with Crippen molar-refractivity contribution in [3.8, 4) is 0 Å². The molecule has 96 valence electrons. The van der Waals surface area contributed by atoms with Crippen LogP contribution in [-0.4, -0.2) is 16.6 Å². The SMILES string of the molecule is CCc1cc(CO)cc(NCC(CC)CC)n1. The zero-order valence-corrected chi connectivity index (χ0v) is 11.2. The van der Waals surface area contributed by atoms with Gasteiger partial charge in [0, 0.05) is 12.2 Å². The fourth-order valence-electron chi connectivity index (χ4n) is 1.84. The summed E-state index contributed by atoms with van der Waals surface area (Å²) in [7, 11) is 0. The molecule has 1 rings (SSSR count). The van der Waals surface area contributed by atoms with Gasteiger partial charge in [-0.1, -0.05) is 33.6 Å². The molecule has 1 heterocycles. The number of pyridine rings is 1. The van der Waals surface area contributed by atoms with Gasteiger partial charge >= 0.3 is 0 Å². The van der Waals surface area contributed by atoms with E-state index in [1.165, 1.54) is 12.8 Å². The predicted molar refractivity (Wildman–Crippen MR) is 72.1 cm³/mol. The number of nitrogens with zero attached hydrogens (tertiary/aromatic N) is 1. The number of hydrogen-bond acceptors (Lipinski definition) is 3. The fraction of sp³-hybridized carbons (Fsp3) is 0.643. The van der Waals surface area contributed by atoms with Crippen molar-refractivity contribution in [3.05, 3.63) is 23.4 Å². The average Bonchev–Trinajstić information content (AvgIpc) is 2.39. The van der Waals surface area contributed by atoms with E-state index in [-0.39, 0.29) is 6.61 Å². The van der Waals surface area contributed by atoms with E-state index in [0.717, 1.165) is 30.0 Å². The highest BCUT2D eigenvalue weighted by atomic mass is 16.3. The Bertz CT molecular complexity index is 313. The zero-order valence-electron chi connectivity index (χ0n) is 11.2. The van der Waals surface area contributed by atoms with Gasteiger partial charge in [0.25, 0.3) is 0 Å². The van der Waals surface area contributed by atoms with Crippen LogP contribution in [0.4, 0.5) is 5.82 Å². The number of rotatable bonds is 7. The number of aromatic nitrogens is 1. The van der Waals surface area contributed by atoms with Gasteiger partial charge in [-0.25, -0.2) is 4.98 Å². The van der Waals surface area contributed by atoms with Crippen LogP contribution in [-0.2, 0) is 13.0 Å². The van der Waals surface area contributed by atoms with Crippen molar-refractivity contribution >= 4 is 5.82 Å². The molecular formula is C14H24N2O. The summed E-state index contributed by atoms with van der Waals surface area (Å²) in [5.41, 5.74) is 1.97. The van der Waals surface area contributed by atoms with E-state index in [0.29, 0.717) is 5.92 Å². The highest BCUT2D eigenvalue weighted by Gasteiger charge is 2.05. The molecule has 0 radical (unpaired) electrons. The van der Waals surface area contributed by atoms with Gasteiger partial charge < -0.3 is 10.4 Å². The van der Waals surface area contributed by atoms with E-state index in [2.05, 4.69) is 31.1 Å². The van der Waals surface area contributed by atoms with Crippen LogP contribution in [0.2, 0.25) is 0 Å². The summed E-state index contributed by atoms with van der Waals surface area (Å²) in [6.07, 6.45) is 3.27. The zero-order chi connectivity index (χ0) is 12.7. The van der Waals surface area contributed by atoms with Crippen LogP contribution in [0.1, 0.15) is 44.9 Å². The first-order chi connectivity index (χ1) is 8.23. The lowest BCUT2D eigenvalue weighted by Crippen LogP contribution is -2.14. The van der Waals surface area contributed by atoms with Crippen LogP contribution in [0, 0.1) is 5.92 Å². The molecule has 0 spiro atoms. The molecule has 1 aromatic rings. The maximum Gasteiger partial charge on any atom is 0.126 e. The maximum absolute atomic E-state index is 9.20. The van der Waals surface area contributed by atoms with E-state index >= 15 is 0 Å². The monoisotopic (exact) mass is 236 g/mol. The number of hydrogen-bond donors (Lipinski definition) is 2. The van der Waals surface area contributed by atoms with E-state index in [1.54, 1.807) is 0 Å². The van der Waals surface area contributed by atoms with E-state index in [1.807, 2.05) is 12.1 Å². The van der Waals surface area contributed by atoms with Gasteiger partial charge in [0.1, 0.15) is 5.82 Å². The second kappa shape index (κ2) is 7.28. The smallest absolute Gasteiger partial charge is 0.126 e. The van der Waals surface area contributed by atoms with Crippen LogP contribution in [0.5, 0.6) is 0 Å². The summed E-state index contributed by atoms with van der Waals surface area (Å²) >= 11 is 0. The molecular weight excluding hydrogens is 212 g/mol. The van der Waals surface area contributed by atoms with E-state index in [9.17, 15) is 5.11 Å². The molecule has 0 bridgehead atoms. The van der Waals surface area contributed by atoms with Crippen molar-refractivity contribution in [1.82, 2.24) is 4.98 Å². The minimum absolute atomic E-state index is 0.0786. The second-order valence-electron chi connectivity index (χ2n) is 4.43. The molecule has 0 unspecified atom stereocenters. The lowest BCUT2D eigenvalue weighted by Gasteiger charge is -2.14. The molecule has 3 nitrogen and oxygen atoms in total. The minimum Gasteiger partial charge on any atom is -0.392 e. The Morgan fingerprint density at radius 2 is 1.94 bits per heavy atom. The Balaban J connectivity index is 2.69. The minimum atomic E-state index is 0.0786. The molecule has 0 amide bonds. The first kappa shape index (κ1) is 14.0. The molecule has 0 atom stereocenters. The first-order valence-corrected chi connectivity index (χ1v) is 6.57. The van der Waals surface area contributed by atoms with Gasteiger partial charge in [0.05, 0.1) is 6.61 Å². The molecule has 0 saturated carbocycles. The number of aliphatic hydroxyl groups excluding tert-OH is 1. The topological polar surface area (TPSA) is 45.1 Å². The van der Waals surface area contributed by atoms with Gasteiger partial charge in [-0.2, -0.15) is 0 Å². The van der Waals surface area contributed by atoms with Crippen molar-refractivity contribution in [3.63, 3.8) is 0 Å². The van der Waals surface area contributed by atoms with Crippen LogP contribution >= 0.6 is 0 Å². The molecule has 0 aliphatic heterocycles. The second-order valence-corrected chi connectivity index (χ2v) is 4.43. The molecule has 17 heavy (non-hydrogen) atoms. The van der Waals surface area contributed by atoms with E-state index < -0.39 is 0 Å². The van der Waals surface area contributed by atoms with Gasteiger partial charge in [-0.15, -0.1) is 0 Å². The van der Waals surface area contributed by atoms with Crippen LogP contribution < -0.4 is 5.32 Å². The Kier molecular flexibility index (Phi) is 5.98. The van der Waals surface area contributed by atoms with E-state index in [4.69, 9.17) is 0 Å². The van der Waals surface area contributed by atoms with Crippen LogP contribution in [0.3, 0.4) is 0 Å². The Morgan fingerprint density at radius 3 is 2.47 bits per heavy atom. The summed E-state index contributed by atoms with van der Waals surface area (Å²) in [4.78, 5) is 4.52. The highest BCUT2D eigenvalue weighted by Crippen LogP contribution is 2.13. The summed E-state index contributed by atoms with van der Waals surface area (Å²) in [5.74, 6) is 1.58. The van der Waals surface area contributed by atoms with Crippen molar-refractivity contribution in [1.29, 1.82) is 0 Å². The molecule has 0 saturated heterocycles. The summed E-state index contributed by atoms with van der Waals surface area (Å²) in [6.45, 7) is 7.54. The van der Waals surface area contributed by atoms with Crippen molar-refractivity contribution < 1.29 is 5.11 Å². The molecule has 0 aliphatic rings. The summed E-state index contributed by atoms with van der Waals surface area (Å²) in [6, 6.07) is 3.89. The van der Waals surface area contributed by atoms with Crippen molar-refractivity contribution in [2.75, 3.05) is 11.9 Å². The summed E-state index contributed by atoms with van der Waals surface area (Å²) in [5, 5.41) is 12.6. The molecule has 2 N–H and O–H groups in total. The van der Waals surface area contributed by atoms with Crippen molar-refractivity contribution in [2.45, 2.75) is 46.6 Å². The number of anilines is 1. The Morgan fingerprint density at radius 1 is 1.24 bits per heavy atom. The summed E-state index contributed by atoms with van der Waals surface area (Å²) < 4.78 is 0. The number of nitrogens with one attached hydrogen (secondary N) is 1. The standard InChI is InChI=1S/C14H24N2O/c1-4-11(5-2)9-15-14-8-12(10-17)7-13(6-3)16-14/h7-8,11,17H,4-6,9-10H2,1-3H3,(H,15,16). The quantitative estimate of drug-likeness (QED) is 0.765. The third-order valence-electron chi connectivity index (χ3n) is 3.21.